The average molecular weight is 265 g/mol. The first-order valence-electron chi connectivity index (χ1n) is 5.53. The van der Waals surface area contributed by atoms with Crippen molar-refractivity contribution in [3.05, 3.63) is 59.2 Å². The summed E-state index contributed by atoms with van der Waals surface area (Å²) in [7, 11) is 0. The molecule has 0 aliphatic carbocycles. The number of hydrogen-bond acceptors (Lipinski definition) is 2. The zero-order chi connectivity index (χ0) is 13.1. The van der Waals surface area contributed by atoms with Crippen molar-refractivity contribution in [1.82, 2.24) is 0 Å². The molecule has 0 spiro atoms. The van der Waals surface area contributed by atoms with E-state index in [0.717, 1.165) is 22.1 Å². The smallest absolute Gasteiger partial charge is 0.140 e. The minimum absolute atomic E-state index is 0.396. The van der Waals surface area contributed by atoms with E-state index in [-0.39, 0.29) is 0 Å². The van der Waals surface area contributed by atoms with Gasteiger partial charge < -0.3 is 5.73 Å². The SMILES string of the molecule is Cc1cccc(CN)c1Sc1ccc(F)cc1F. The normalized spacial score (nSPS) is 10.7. The van der Waals surface area contributed by atoms with Crippen molar-refractivity contribution in [2.75, 3.05) is 0 Å². The summed E-state index contributed by atoms with van der Waals surface area (Å²) in [6.07, 6.45) is 0. The lowest BCUT2D eigenvalue weighted by molar-refractivity contribution is 0.565. The molecule has 0 amide bonds. The van der Waals surface area contributed by atoms with Crippen LogP contribution in [0.5, 0.6) is 0 Å². The molecule has 94 valence electrons. The number of nitrogens with two attached hydrogens (primary N) is 1. The van der Waals surface area contributed by atoms with Crippen LogP contribution in [0.2, 0.25) is 0 Å². The summed E-state index contributed by atoms with van der Waals surface area (Å²) in [5.74, 6) is -1.12. The zero-order valence-corrected chi connectivity index (χ0v) is 10.7. The summed E-state index contributed by atoms with van der Waals surface area (Å²) in [6.45, 7) is 2.34. The predicted molar refractivity (Wildman–Crippen MR) is 69.6 cm³/mol. The minimum Gasteiger partial charge on any atom is -0.326 e. The monoisotopic (exact) mass is 265 g/mol. The van der Waals surface area contributed by atoms with E-state index in [1.165, 1.54) is 23.9 Å². The van der Waals surface area contributed by atoms with Gasteiger partial charge in [-0.1, -0.05) is 30.0 Å². The van der Waals surface area contributed by atoms with Crippen molar-refractivity contribution in [3.63, 3.8) is 0 Å². The highest BCUT2D eigenvalue weighted by molar-refractivity contribution is 7.99. The van der Waals surface area contributed by atoms with E-state index in [2.05, 4.69) is 0 Å². The van der Waals surface area contributed by atoms with Gasteiger partial charge in [-0.3, -0.25) is 0 Å². The van der Waals surface area contributed by atoms with E-state index in [1.807, 2.05) is 25.1 Å². The molecule has 0 aliphatic heterocycles. The van der Waals surface area contributed by atoms with Gasteiger partial charge in [0.05, 0.1) is 0 Å². The second-order valence-corrected chi connectivity index (χ2v) is 5.00. The topological polar surface area (TPSA) is 26.0 Å². The highest BCUT2D eigenvalue weighted by Gasteiger charge is 2.10. The van der Waals surface area contributed by atoms with Crippen LogP contribution < -0.4 is 5.73 Å². The molecule has 0 bridgehead atoms. The van der Waals surface area contributed by atoms with Gasteiger partial charge >= 0.3 is 0 Å². The summed E-state index contributed by atoms with van der Waals surface area (Å²) in [5, 5.41) is 0. The van der Waals surface area contributed by atoms with Crippen molar-refractivity contribution in [2.45, 2.75) is 23.3 Å². The average Bonchev–Trinajstić information content (AvgIpc) is 2.34. The van der Waals surface area contributed by atoms with Crippen LogP contribution in [0.25, 0.3) is 0 Å². The lowest BCUT2D eigenvalue weighted by Gasteiger charge is -2.11. The van der Waals surface area contributed by atoms with Gasteiger partial charge in [-0.15, -0.1) is 0 Å². The molecular weight excluding hydrogens is 252 g/mol. The van der Waals surface area contributed by atoms with Gasteiger partial charge in [0.15, 0.2) is 0 Å². The van der Waals surface area contributed by atoms with Crippen LogP contribution in [0.3, 0.4) is 0 Å². The van der Waals surface area contributed by atoms with E-state index in [1.54, 1.807) is 0 Å². The van der Waals surface area contributed by atoms with Crippen molar-refractivity contribution < 1.29 is 8.78 Å². The summed E-state index contributed by atoms with van der Waals surface area (Å²) in [5.41, 5.74) is 7.66. The molecule has 4 heteroatoms. The third kappa shape index (κ3) is 2.71. The molecular formula is C14H13F2NS. The molecule has 0 heterocycles. The third-order valence-corrected chi connectivity index (χ3v) is 3.96. The Morgan fingerprint density at radius 1 is 1.17 bits per heavy atom. The number of rotatable bonds is 3. The lowest BCUT2D eigenvalue weighted by atomic mass is 10.1. The first kappa shape index (κ1) is 13.1. The van der Waals surface area contributed by atoms with Crippen LogP contribution in [0.4, 0.5) is 8.78 Å². The van der Waals surface area contributed by atoms with Gasteiger partial charge in [-0.25, -0.2) is 8.78 Å². The van der Waals surface area contributed by atoms with Crippen molar-refractivity contribution in [3.8, 4) is 0 Å². The molecule has 2 aromatic carbocycles. The molecule has 2 N–H and O–H groups in total. The Bertz CT molecular complexity index is 570. The van der Waals surface area contributed by atoms with Crippen LogP contribution >= 0.6 is 11.8 Å². The minimum atomic E-state index is -0.569. The Kier molecular flexibility index (Phi) is 3.99. The molecule has 0 saturated carbocycles. The van der Waals surface area contributed by atoms with Crippen LogP contribution in [0, 0.1) is 18.6 Å². The van der Waals surface area contributed by atoms with Crippen LogP contribution in [0.1, 0.15) is 11.1 Å². The first-order chi connectivity index (χ1) is 8.61. The number of hydrogen-bond donors (Lipinski definition) is 1. The van der Waals surface area contributed by atoms with Crippen molar-refractivity contribution in [1.29, 1.82) is 0 Å². The summed E-state index contributed by atoms with van der Waals surface area (Å²) in [4.78, 5) is 1.34. The fourth-order valence-electron chi connectivity index (χ4n) is 1.69. The molecule has 2 aromatic rings. The maximum Gasteiger partial charge on any atom is 0.140 e. The summed E-state index contributed by atoms with van der Waals surface area (Å²) in [6, 6.07) is 9.37. The second kappa shape index (κ2) is 5.50. The second-order valence-electron chi connectivity index (χ2n) is 3.94. The molecule has 0 atom stereocenters. The van der Waals surface area contributed by atoms with E-state index in [9.17, 15) is 8.78 Å². The van der Waals surface area contributed by atoms with Gasteiger partial charge in [-0.2, -0.15) is 0 Å². The fraction of sp³-hybridized carbons (Fsp3) is 0.143. The van der Waals surface area contributed by atoms with Gasteiger partial charge in [-0.05, 0) is 30.2 Å². The standard InChI is InChI=1S/C14H13F2NS/c1-9-3-2-4-10(8-17)14(9)18-13-6-5-11(15)7-12(13)16/h2-7H,8,17H2,1H3. The quantitative estimate of drug-likeness (QED) is 0.911. The van der Waals surface area contributed by atoms with Gasteiger partial charge in [0.25, 0.3) is 0 Å². The molecule has 2 rings (SSSR count). The van der Waals surface area contributed by atoms with Crippen LogP contribution in [-0.2, 0) is 6.54 Å². The Morgan fingerprint density at radius 2 is 1.94 bits per heavy atom. The third-order valence-electron chi connectivity index (χ3n) is 2.62. The molecule has 0 unspecified atom stereocenters. The molecule has 0 saturated heterocycles. The molecule has 18 heavy (non-hydrogen) atoms. The highest BCUT2D eigenvalue weighted by Crippen LogP contribution is 2.34. The number of halogens is 2. The fourth-order valence-corrected chi connectivity index (χ4v) is 2.71. The lowest BCUT2D eigenvalue weighted by Crippen LogP contribution is -1.99. The summed E-state index contributed by atoms with van der Waals surface area (Å²) < 4.78 is 26.5. The maximum absolute atomic E-state index is 13.6. The van der Waals surface area contributed by atoms with E-state index in [0.29, 0.717) is 11.4 Å². The highest BCUT2D eigenvalue weighted by atomic mass is 32.2. The van der Waals surface area contributed by atoms with E-state index < -0.39 is 11.6 Å². The predicted octanol–water partition coefficient (Wildman–Crippen LogP) is 3.88. The number of benzene rings is 2. The van der Waals surface area contributed by atoms with Gasteiger partial charge in [0.1, 0.15) is 11.6 Å². The number of aryl methyl sites for hydroxylation is 1. The van der Waals surface area contributed by atoms with E-state index >= 15 is 0 Å². The summed E-state index contributed by atoms with van der Waals surface area (Å²) >= 11 is 1.28. The molecule has 0 aliphatic rings. The molecule has 0 radical (unpaired) electrons. The van der Waals surface area contributed by atoms with E-state index in [4.69, 9.17) is 5.73 Å². The Balaban J connectivity index is 2.39. The van der Waals surface area contributed by atoms with Crippen molar-refractivity contribution in [2.24, 2.45) is 5.73 Å². The first-order valence-corrected chi connectivity index (χ1v) is 6.35. The van der Waals surface area contributed by atoms with Gasteiger partial charge in [0, 0.05) is 22.4 Å². The van der Waals surface area contributed by atoms with Crippen LogP contribution in [-0.4, -0.2) is 0 Å². The molecule has 0 fully saturated rings. The maximum atomic E-state index is 13.6. The molecule has 1 nitrogen and oxygen atoms in total. The largest absolute Gasteiger partial charge is 0.326 e. The van der Waals surface area contributed by atoms with Crippen molar-refractivity contribution >= 4 is 11.8 Å². The van der Waals surface area contributed by atoms with Crippen LogP contribution in [0.15, 0.2) is 46.2 Å². The Morgan fingerprint density at radius 3 is 2.61 bits per heavy atom. The Hall–Kier alpha value is -1.39. The zero-order valence-electron chi connectivity index (χ0n) is 9.91. The Labute approximate surface area is 109 Å². The molecule has 0 aromatic heterocycles. The van der Waals surface area contributed by atoms with Gasteiger partial charge in [0.2, 0.25) is 0 Å².